The quantitative estimate of drug-likeness (QED) is 0.346. The number of likely N-dealkylation sites (N-methyl/N-ethyl adjacent to an activating group) is 1. The smallest absolute Gasteiger partial charge is 0.188 e. The summed E-state index contributed by atoms with van der Waals surface area (Å²) in [6, 6.07) is 0. The molecular weight excluding hydrogens is 266 g/mol. The highest BCUT2D eigenvalue weighted by Crippen LogP contribution is 1.97. The summed E-state index contributed by atoms with van der Waals surface area (Å²) in [6.07, 6.45) is 2.25. The van der Waals surface area contributed by atoms with Crippen molar-refractivity contribution in [2.24, 2.45) is 10.7 Å². The van der Waals surface area contributed by atoms with Crippen molar-refractivity contribution >= 4 is 5.96 Å². The van der Waals surface area contributed by atoms with Gasteiger partial charge in [0.2, 0.25) is 0 Å². The van der Waals surface area contributed by atoms with Gasteiger partial charge in [-0.1, -0.05) is 13.8 Å². The summed E-state index contributed by atoms with van der Waals surface area (Å²) >= 11 is 0. The normalized spacial score (nSPS) is 17.4. The van der Waals surface area contributed by atoms with Crippen LogP contribution >= 0.6 is 0 Å². The number of rotatable bonds is 10. The van der Waals surface area contributed by atoms with Crippen molar-refractivity contribution in [2.75, 3.05) is 65.6 Å². The minimum absolute atomic E-state index is 0.574. The molecule has 1 fully saturated rings. The van der Waals surface area contributed by atoms with Gasteiger partial charge in [-0.05, 0) is 25.9 Å². The Morgan fingerprint density at radius 1 is 1.29 bits per heavy atom. The highest BCUT2D eigenvalue weighted by atomic mass is 16.5. The third kappa shape index (κ3) is 8.90. The van der Waals surface area contributed by atoms with E-state index < -0.39 is 0 Å². The molecule has 6 heteroatoms. The summed E-state index contributed by atoms with van der Waals surface area (Å²) in [6.45, 7) is 14.2. The van der Waals surface area contributed by atoms with E-state index in [-0.39, 0.29) is 0 Å². The van der Waals surface area contributed by atoms with Gasteiger partial charge < -0.3 is 20.7 Å². The molecule has 1 rings (SSSR count). The van der Waals surface area contributed by atoms with Gasteiger partial charge in [0, 0.05) is 39.3 Å². The molecule has 124 valence electrons. The van der Waals surface area contributed by atoms with Gasteiger partial charge in [-0.2, -0.15) is 0 Å². The molecule has 1 aliphatic heterocycles. The average Bonchev–Trinajstić information content (AvgIpc) is 2.51. The van der Waals surface area contributed by atoms with E-state index in [2.05, 4.69) is 34.0 Å². The first-order valence-electron chi connectivity index (χ1n) is 8.32. The fourth-order valence-electron chi connectivity index (χ4n) is 2.46. The maximum Gasteiger partial charge on any atom is 0.188 e. The second kappa shape index (κ2) is 11.8. The van der Waals surface area contributed by atoms with Gasteiger partial charge in [0.1, 0.15) is 0 Å². The molecular formula is C15H33N5O. The first-order valence-corrected chi connectivity index (χ1v) is 8.32. The standard InChI is InChI=1S/C15H33N5O/c1-3-8-19(4-2)10-7-18-15(16)17-6-5-9-20-11-13-21-14-12-20/h3-14H2,1-2H3,(H3,16,17,18). The lowest BCUT2D eigenvalue weighted by atomic mass is 10.3. The minimum Gasteiger partial charge on any atom is -0.379 e. The molecule has 0 radical (unpaired) electrons. The number of nitrogens with one attached hydrogen (secondary N) is 1. The SMILES string of the molecule is CCCN(CC)CCNC(N)=NCCCN1CCOCC1. The van der Waals surface area contributed by atoms with Crippen LogP contribution in [0, 0.1) is 0 Å². The number of nitrogens with zero attached hydrogens (tertiary/aromatic N) is 3. The maximum atomic E-state index is 5.88. The predicted molar refractivity (Wildman–Crippen MR) is 88.8 cm³/mol. The van der Waals surface area contributed by atoms with Crippen LogP contribution in [0.4, 0.5) is 0 Å². The van der Waals surface area contributed by atoms with Gasteiger partial charge >= 0.3 is 0 Å². The van der Waals surface area contributed by atoms with E-state index >= 15 is 0 Å². The van der Waals surface area contributed by atoms with Gasteiger partial charge in [0.15, 0.2) is 5.96 Å². The van der Waals surface area contributed by atoms with Crippen LogP contribution < -0.4 is 11.1 Å². The number of morpholine rings is 1. The van der Waals surface area contributed by atoms with E-state index in [4.69, 9.17) is 10.5 Å². The van der Waals surface area contributed by atoms with Gasteiger partial charge in [-0.15, -0.1) is 0 Å². The van der Waals surface area contributed by atoms with E-state index in [0.29, 0.717) is 5.96 Å². The molecule has 0 amide bonds. The van der Waals surface area contributed by atoms with Gasteiger partial charge in [-0.25, -0.2) is 0 Å². The molecule has 0 aliphatic carbocycles. The zero-order chi connectivity index (χ0) is 15.3. The van der Waals surface area contributed by atoms with Crippen molar-refractivity contribution < 1.29 is 4.74 Å². The van der Waals surface area contributed by atoms with Crippen LogP contribution in [-0.4, -0.2) is 81.3 Å². The van der Waals surface area contributed by atoms with Crippen molar-refractivity contribution in [3.63, 3.8) is 0 Å². The van der Waals surface area contributed by atoms with Crippen molar-refractivity contribution in [2.45, 2.75) is 26.7 Å². The van der Waals surface area contributed by atoms with E-state index in [1.54, 1.807) is 0 Å². The molecule has 0 bridgehead atoms. The highest BCUT2D eigenvalue weighted by molar-refractivity contribution is 5.77. The Morgan fingerprint density at radius 2 is 2.05 bits per heavy atom. The number of aliphatic imine (C=N–C) groups is 1. The third-order valence-electron chi connectivity index (χ3n) is 3.74. The van der Waals surface area contributed by atoms with Crippen LogP contribution in [-0.2, 0) is 4.74 Å². The molecule has 1 heterocycles. The van der Waals surface area contributed by atoms with Crippen LogP contribution in [0.2, 0.25) is 0 Å². The predicted octanol–water partition coefficient (Wildman–Crippen LogP) is 0.345. The Kier molecular flexibility index (Phi) is 10.2. The van der Waals surface area contributed by atoms with Crippen LogP contribution in [0.5, 0.6) is 0 Å². The molecule has 0 aromatic carbocycles. The van der Waals surface area contributed by atoms with E-state index in [0.717, 1.165) is 72.0 Å². The molecule has 0 aromatic rings. The van der Waals surface area contributed by atoms with Crippen LogP contribution in [0.1, 0.15) is 26.7 Å². The van der Waals surface area contributed by atoms with E-state index in [1.807, 2.05) is 0 Å². The molecule has 3 N–H and O–H groups in total. The fourth-order valence-corrected chi connectivity index (χ4v) is 2.46. The van der Waals surface area contributed by atoms with E-state index in [9.17, 15) is 0 Å². The first-order chi connectivity index (χ1) is 10.3. The van der Waals surface area contributed by atoms with E-state index in [1.165, 1.54) is 6.42 Å². The summed E-state index contributed by atoms with van der Waals surface area (Å²) in [5.41, 5.74) is 5.88. The van der Waals surface area contributed by atoms with Crippen LogP contribution in [0.25, 0.3) is 0 Å². The van der Waals surface area contributed by atoms with Gasteiger partial charge in [0.05, 0.1) is 13.2 Å². The molecule has 0 aromatic heterocycles. The Hall–Kier alpha value is -0.850. The zero-order valence-corrected chi connectivity index (χ0v) is 13.8. The highest BCUT2D eigenvalue weighted by Gasteiger charge is 2.08. The van der Waals surface area contributed by atoms with Crippen LogP contribution in [0.3, 0.4) is 0 Å². The summed E-state index contributed by atoms with van der Waals surface area (Å²) < 4.78 is 5.33. The minimum atomic E-state index is 0.574. The number of hydrogen-bond acceptors (Lipinski definition) is 4. The molecule has 0 spiro atoms. The number of nitrogens with two attached hydrogens (primary N) is 1. The summed E-state index contributed by atoms with van der Waals surface area (Å²) in [7, 11) is 0. The van der Waals surface area contributed by atoms with Crippen molar-refractivity contribution in [3.8, 4) is 0 Å². The molecule has 6 nitrogen and oxygen atoms in total. The zero-order valence-electron chi connectivity index (χ0n) is 13.8. The van der Waals surface area contributed by atoms with Gasteiger partial charge in [-0.3, -0.25) is 9.89 Å². The lowest BCUT2D eigenvalue weighted by Crippen LogP contribution is -2.39. The Morgan fingerprint density at radius 3 is 2.71 bits per heavy atom. The molecule has 1 saturated heterocycles. The first kappa shape index (κ1) is 18.2. The molecule has 0 atom stereocenters. The monoisotopic (exact) mass is 299 g/mol. The molecule has 1 aliphatic rings. The number of hydrogen-bond donors (Lipinski definition) is 2. The molecule has 0 unspecified atom stereocenters. The molecule has 0 saturated carbocycles. The van der Waals surface area contributed by atoms with Gasteiger partial charge in [0.25, 0.3) is 0 Å². The Labute approximate surface area is 129 Å². The van der Waals surface area contributed by atoms with Crippen LogP contribution in [0.15, 0.2) is 4.99 Å². The fraction of sp³-hybridized carbons (Fsp3) is 0.933. The lowest BCUT2D eigenvalue weighted by Gasteiger charge is -2.26. The Balaban J connectivity index is 2.03. The average molecular weight is 299 g/mol. The maximum absolute atomic E-state index is 5.88. The van der Waals surface area contributed by atoms with Crippen molar-refractivity contribution in [1.29, 1.82) is 0 Å². The second-order valence-electron chi connectivity index (χ2n) is 5.44. The van der Waals surface area contributed by atoms with Crippen molar-refractivity contribution in [3.05, 3.63) is 0 Å². The third-order valence-corrected chi connectivity index (χ3v) is 3.74. The number of ether oxygens (including phenoxy) is 1. The second-order valence-corrected chi connectivity index (χ2v) is 5.44. The van der Waals surface area contributed by atoms with Crippen molar-refractivity contribution in [1.82, 2.24) is 15.1 Å². The topological polar surface area (TPSA) is 66.1 Å². The molecule has 21 heavy (non-hydrogen) atoms. The Bertz CT molecular complexity index is 279. The lowest BCUT2D eigenvalue weighted by molar-refractivity contribution is 0.0377. The largest absolute Gasteiger partial charge is 0.379 e. The summed E-state index contributed by atoms with van der Waals surface area (Å²) in [5.74, 6) is 0.574. The summed E-state index contributed by atoms with van der Waals surface area (Å²) in [4.78, 5) is 9.22. The number of guanidine groups is 1. The summed E-state index contributed by atoms with van der Waals surface area (Å²) in [5, 5.41) is 3.20.